The molecule has 144 valence electrons. The van der Waals surface area contributed by atoms with Crippen LogP contribution in [0.25, 0.3) is 0 Å². The number of amides is 1. The van der Waals surface area contributed by atoms with Gasteiger partial charge in [-0.1, -0.05) is 0 Å². The van der Waals surface area contributed by atoms with Crippen molar-refractivity contribution < 1.29 is 9.53 Å². The highest BCUT2D eigenvalue weighted by molar-refractivity contribution is 5.90. The molecule has 2 aliphatic rings. The number of nitrogens with one attached hydrogen (secondary N) is 1. The molecule has 1 saturated carbocycles. The predicted molar refractivity (Wildman–Crippen MR) is 102 cm³/mol. The van der Waals surface area contributed by atoms with Crippen LogP contribution in [0.15, 0.2) is 0 Å². The Bertz CT molecular complexity index is 658. The van der Waals surface area contributed by atoms with Crippen molar-refractivity contribution in [2.45, 2.75) is 45.2 Å². The van der Waals surface area contributed by atoms with Crippen molar-refractivity contribution in [2.24, 2.45) is 5.92 Å². The van der Waals surface area contributed by atoms with E-state index >= 15 is 0 Å². The van der Waals surface area contributed by atoms with Gasteiger partial charge in [0.05, 0.1) is 0 Å². The lowest BCUT2D eigenvalue weighted by atomic mass is 9.80. The Morgan fingerprint density at radius 2 is 2.00 bits per heavy atom. The van der Waals surface area contributed by atoms with Crippen molar-refractivity contribution in [3.8, 4) is 0 Å². The lowest BCUT2D eigenvalue weighted by Gasteiger charge is -2.37. The molecule has 7 nitrogen and oxygen atoms in total. The van der Waals surface area contributed by atoms with Gasteiger partial charge in [-0.15, -0.1) is 0 Å². The second kappa shape index (κ2) is 7.88. The van der Waals surface area contributed by atoms with Gasteiger partial charge in [0, 0.05) is 64.2 Å². The van der Waals surface area contributed by atoms with Crippen LogP contribution in [-0.4, -0.2) is 73.8 Å². The summed E-state index contributed by atoms with van der Waals surface area (Å²) in [6.45, 7) is 6.74. The highest BCUT2D eigenvalue weighted by Crippen LogP contribution is 2.30. The standard InChI is InChI=1S/C19H31N5O2/c1-12-13(2)20-17(19(25)23(3)4)22-18(12)24-7-6-15(10-24)21-16-8-14(9-16)11-26-5/h14-16,21H,6-11H2,1-5H3/t14?,15-,16?/m1/s1. The molecule has 2 heterocycles. The van der Waals surface area contributed by atoms with Crippen LogP contribution in [0.4, 0.5) is 5.82 Å². The fourth-order valence-electron chi connectivity index (χ4n) is 3.88. The molecule has 3 rings (SSSR count). The van der Waals surface area contributed by atoms with Crippen LogP contribution >= 0.6 is 0 Å². The van der Waals surface area contributed by atoms with E-state index in [-0.39, 0.29) is 11.7 Å². The largest absolute Gasteiger partial charge is 0.384 e. The smallest absolute Gasteiger partial charge is 0.291 e. The zero-order valence-corrected chi connectivity index (χ0v) is 16.6. The van der Waals surface area contributed by atoms with Gasteiger partial charge in [0.2, 0.25) is 5.82 Å². The summed E-state index contributed by atoms with van der Waals surface area (Å²) in [6, 6.07) is 1.09. The molecule has 1 aliphatic carbocycles. The molecular weight excluding hydrogens is 330 g/mol. The van der Waals surface area contributed by atoms with Gasteiger partial charge in [0.1, 0.15) is 5.82 Å². The summed E-state index contributed by atoms with van der Waals surface area (Å²) in [7, 11) is 5.23. The second-order valence-electron chi connectivity index (χ2n) is 7.87. The lowest BCUT2D eigenvalue weighted by molar-refractivity contribution is 0.0815. The summed E-state index contributed by atoms with van der Waals surface area (Å²) >= 11 is 0. The minimum Gasteiger partial charge on any atom is -0.384 e. The van der Waals surface area contributed by atoms with Gasteiger partial charge < -0.3 is 19.9 Å². The molecule has 1 aromatic rings. The summed E-state index contributed by atoms with van der Waals surface area (Å²) in [6.07, 6.45) is 3.51. The normalized spacial score (nSPS) is 25.3. The van der Waals surface area contributed by atoms with Crippen molar-refractivity contribution in [1.82, 2.24) is 20.2 Å². The maximum Gasteiger partial charge on any atom is 0.291 e. The van der Waals surface area contributed by atoms with Crippen LogP contribution in [0.5, 0.6) is 0 Å². The number of methoxy groups -OCH3 is 1. The van der Waals surface area contributed by atoms with Crippen LogP contribution in [0.2, 0.25) is 0 Å². The average molecular weight is 361 g/mol. The monoisotopic (exact) mass is 361 g/mol. The SMILES string of the molecule is COCC1CC(N[C@@H]2CCN(c3nc(C(=O)N(C)C)nc(C)c3C)C2)C1. The molecule has 1 saturated heterocycles. The molecule has 26 heavy (non-hydrogen) atoms. The van der Waals surface area contributed by atoms with Gasteiger partial charge in [-0.3, -0.25) is 4.79 Å². The number of aryl methyl sites for hydroxylation is 1. The number of ether oxygens (including phenoxy) is 1. The number of carbonyl (C=O) groups excluding carboxylic acids is 1. The first-order chi connectivity index (χ1) is 12.4. The van der Waals surface area contributed by atoms with E-state index in [4.69, 9.17) is 4.74 Å². The minimum atomic E-state index is -0.151. The number of hydrogen-bond acceptors (Lipinski definition) is 6. The third-order valence-electron chi connectivity index (χ3n) is 5.56. The Labute approximate surface area is 156 Å². The van der Waals surface area contributed by atoms with E-state index in [1.165, 1.54) is 17.7 Å². The third kappa shape index (κ3) is 3.99. The Hall–Kier alpha value is -1.73. The molecule has 1 amide bonds. The fraction of sp³-hybridized carbons (Fsp3) is 0.737. The lowest BCUT2D eigenvalue weighted by Crippen LogP contribution is -2.48. The maximum atomic E-state index is 12.3. The average Bonchev–Trinajstić information content (AvgIpc) is 3.03. The molecule has 1 atom stereocenters. The van der Waals surface area contributed by atoms with Gasteiger partial charge >= 0.3 is 0 Å². The molecule has 1 aromatic heterocycles. The molecule has 1 N–H and O–H groups in total. The summed E-state index contributed by atoms with van der Waals surface area (Å²) in [5.74, 6) is 1.74. The van der Waals surface area contributed by atoms with Gasteiger partial charge in [0.15, 0.2) is 0 Å². The fourth-order valence-corrected chi connectivity index (χ4v) is 3.88. The zero-order valence-electron chi connectivity index (χ0n) is 16.6. The molecule has 0 unspecified atom stereocenters. The van der Waals surface area contributed by atoms with Crippen LogP contribution in [-0.2, 0) is 4.74 Å². The summed E-state index contributed by atoms with van der Waals surface area (Å²) < 4.78 is 5.23. The number of hydrogen-bond donors (Lipinski definition) is 1. The van der Waals surface area contributed by atoms with Gasteiger partial charge in [0.25, 0.3) is 5.91 Å². The highest BCUT2D eigenvalue weighted by atomic mass is 16.5. The summed E-state index contributed by atoms with van der Waals surface area (Å²) in [4.78, 5) is 25.1. The number of anilines is 1. The third-order valence-corrected chi connectivity index (χ3v) is 5.56. The molecule has 1 aliphatic heterocycles. The molecular formula is C19H31N5O2. The van der Waals surface area contributed by atoms with E-state index in [0.717, 1.165) is 43.2 Å². The highest BCUT2D eigenvalue weighted by Gasteiger charge is 2.33. The van der Waals surface area contributed by atoms with Crippen molar-refractivity contribution >= 4 is 11.7 Å². The van der Waals surface area contributed by atoms with E-state index in [1.807, 2.05) is 13.8 Å². The van der Waals surface area contributed by atoms with Crippen LogP contribution in [0.1, 0.15) is 41.1 Å². The number of nitrogens with zero attached hydrogens (tertiary/aromatic N) is 4. The molecule has 7 heteroatoms. The van der Waals surface area contributed by atoms with Crippen molar-refractivity contribution in [3.05, 3.63) is 17.1 Å². The first-order valence-electron chi connectivity index (χ1n) is 9.45. The Morgan fingerprint density at radius 1 is 1.27 bits per heavy atom. The van der Waals surface area contributed by atoms with Crippen LogP contribution in [0.3, 0.4) is 0 Å². The molecule has 0 radical (unpaired) electrons. The number of aromatic nitrogens is 2. The topological polar surface area (TPSA) is 70.6 Å². The van der Waals surface area contributed by atoms with Crippen molar-refractivity contribution in [3.63, 3.8) is 0 Å². The first kappa shape index (κ1) is 19.0. The first-order valence-corrected chi connectivity index (χ1v) is 9.45. The van der Waals surface area contributed by atoms with Crippen molar-refractivity contribution in [2.75, 3.05) is 45.8 Å². The molecule has 0 spiro atoms. The Balaban J connectivity index is 1.64. The van der Waals surface area contributed by atoms with Crippen LogP contribution < -0.4 is 10.2 Å². The quantitative estimate of drug-likeness (QED) is 0.826. The predicted octanol–water partition coefficient (Wildman–Crippen LogP) is 1.39. The molecule has 0 bridgehead atoms. The summed E-state index contributed by atoms with van der Waals surface area (Å²) in [5.41, 5.74) is 1.93. The molecule has 2 fully saturated rings. The Morgan fingerprint density at radius 3 is 2.65 bits per heavy atom. The summed E-state index contributed by atoms with van der Waals surface area (Å²) in [5, 5.41) is 3.78. The maximum absolute atomic E-state index is 12.3. The Kier molecular flexibility index (Phi) is 5.77. The number of rotatable bonds is 6. The van der Waals surface area contributed by atoms with Gasteiger partial charge in [-0.05, 0) is 39.0 Å². The van der Waals surface area contributed by atoms with Gasteiger partial charge in [-0.25, -0.2) is 9.97 Å². The van der Waals surface area contributed by atoms with E-state index in [9.17, 15) is 4.79 Å². The van der Waals surface area contributed by atoms with E-state index in [0.29, 0.717) is 18.0 Å². The van der Waals surface area contributed by atoms with Gasteiger partial charge in [-0.2, -0.15) is 0 Å². The second-order valence-corrected chi connectivity index (χ2v) is 7.87. The van der Waals surface area contributed by atoms with E-state index in [1.54, 1.807) is 21.2 Å². The van der Waals surface area contributed by atoms with E-state index in [2.05, 4.69) is 20.2 Å². The van der Waals surface area contributed by atoms with Crippen molar-refractivity contribution in [1.29, 1.82) is 0 Å². The zero-order chi connectivity index (χ0) is 18.8. The molecule has 0 aromatic carbocycles. The van der Waals surface area contributed by atoms with Crippen LogP contribution in [0, 0.1) is 19.8 Å². The van der Waals surface area contributed by atoms with E-state index < -0.39 is 0 Å². The minimum absolute atomic E-state index is 0.151. The number of carbonyl (C=O) groups is 1.